The molecule has 76 valence electrons. The first-order valence-corrected chi connectivity index (χ1v) is 4.13. The highest BCUT2D eigenvalue weighted by atomic mass is 16.6. The zero-order valence-electron chi connectivity index (χ0n) is 8.12. The van der Waals surface area contributed by atoms with Gasteiger partial charge in [0.25, 0.3) is 0 Å². The lowest BCUT2D eigenvalue weighted by molar-refractivity contribution is -0.141. The van der Waals surface area contributed by atoms with Crippen LogP contribution in [-0.2, 0) is 14.3 Å². The molecule has 0 aliphatic carbocycles. The molecule has 0 spiro atoms. The molecule has 1 unspecified atom stereocenters. The molecular formula is C8H15NO4. The Morgan fingerprint density at radius 2 is 2.00 bits per heavy atom. The molecule has 0 bridgehead atoms. The summed E-state index contributed by atoms with van der Waals surface area (Å²) in [6.07, 6.45) is -0.498. The van der Waals surface area contributed by atoms with Crippen molar-refractivity contribution in [3.05, 3.63) is 0 Å². The molecule has 1 atom stereocenters. The molecule has 0 saturated heterocycles. The van der Waals surface area contributed by atoms with Crippen molar-refractivity contribution in [1.29, 1.82) is 0 Å². The van der Waals surface area contributed by atoms with Gasteiger partial charge in [-0.3, -0.25) is 4.79 Å². The van der Waals surface area contributed by atoms with E-state index in [4.69, 9.17) is 0 Å². The van der Waals surface area contributed by atoms with Gasteiger partial charge in [-0.2, -0.15) is 0 Å². The van der Waals surface area contributed by atoms with E-state index in [1.165, 1.54) is 6.92 Å². The van der Waals surface area contributed by atoms with Gasteiger partial charge in [-0.05, 0) is 13.8 Å². The third kappa shape index (κ3) is 7.11. The summed E-state index contributed by atoms with van der Waals surface area (Å²) in [5, 5.41) is 2.50. The van der Waals surface area contributed by atoms with Crippen molar-refractivity contribution in [3.63, 3.8) is 0 Å². The van der Waals surface area contributed by atoms with Crippen LogP contribution in [0.15, 0.2) is 0 Å². The number of nitrogens with one attached hydrogen (secondary N) is 1. The van der Waals surface area contributed by atoms with Crippen LogP contribution in [0, 0.1) is 0 Å². The molecule has 5 heteroatoms. The van der Waals surface area contributed by atoms with Gasteiger partial charge >= 0.3 is 12.1 Å². The number of carbonyl (C=O) groups is 2. The summed E-state index contributed by atoms with van der Waals surface area (Å²) in [4.78, 5) is 21.2. The fourth-order valence-electron chi connectivity index (χ4n) is 0.658. The summed E-state index contributed by atoms with van der Waals surface area (Å²) in [6, 6.07) is -0.233. The van der Waals surface area contributed by atoms with Gasteiger partial charge in [0.2, 0.25) is 0 Å². The lowest BCUT2D eigenvalue weighted by atomic mass is 10.4. The van der Waals surface area contributed by atoms with Crippen molar-refractivity contribution in [1.82, 2.24) is 5.32 Å². The minimum absolute atomic E-state index is 0.161. The molecule has 0 aliphatic rings. The Hall–Kier alpha value is -1.26. The van der Waals surface area contributed by atoms with Crippen LogP contribution in [0.25, 0.3) is 0 Å². The van der Waals surface area contributed by atoms with Crippen LogP contribution >= 0.6 is 0 Å². The molecule has 0 aliphatic heterocycles. The van der Waals surface area contributed by atoms with Crippen LogP contribution in [0.2, 0.25) is 0 Å². The van der Waals surface area contributed by atoms with Gasteiger partial charge in [0, 0.05) is 6.92 Å². The number of hydrogen-bond acceptors (Lipinski definition) is 4. The maximum Gasteiger partial charge on any atom is 0.407 e. The van der Waals surface area contributed by atoms with Crippen LogP contribution in [0.5, 0.6) is 0 Å². The fourth-order valence-corrected chi connectivity index (χ4v) is 0.658. The molecule has 13 heavy (non-hydrogen) atoms. The van der Waals surface area contributed by atoms with Crippen molar-refractivity contribution < 1.29 is 19.1 Å². The van der Waals surface area contributed by atoms with Gasteiger partial charge in [0.1, 0.15) is 6.61 Å². The second-order valence-corrected chi connectivity index (χ2v) is 2.57. The number of carbonyl (C=O) groups excluding carboxylic acids is 2. The molecule has 5 nitrogen and oxygen atoms in total. The van der Waals surface area contributed by atoms with E-state index in [-0.39, 0.29) is 18.6 Å². The van der Waals surface area contributed by atoms with Crippen molar-refractivity contribution >= 4 is 12.1 Å². The topological polar surface area (TPSA) is 64.6 Å². The number of rotatable bonds is 4. The van der Waals surface area contributed by atoms with Crippen molar-refractivity contribution in [2.24, 2.45) is 0 Å². The molecule has 1 N–H and O–H groups in total. The van der Waals surface area contributed by atoms with E-state index in [1.807, 2.05) is 0 Å². The molecule has 0 aromatic rings. The monoisotopic (exact) mass is 189 g/mol. The molecule has 0 aromatic carbocycles. The van der Waals surface area contributed by atoms with Gasteiger partial charge < -0.3 is 14.8 Å². The predicted octanol–water partition coefficient (Wildman–Crippen LogP) is 0.684. The van der Waals surface area contributed by atoms with Crippen molar-refractivity contribution in [2.45, 2.75) is 26.8 Å². The SMILES string of the molecule is CCOC(=O)NC(C)COC(C)=O. The van der Waals surface area contributed by atoms with Crippen LogP contribution in [0.1, 0.15) is 20.8 Å². The third-order valence-corrected chi connectivity index (χ3v) is 1.18. The standard InChI is InChI=1S/C8H15NO4/c1-4-12-8(11)9-6(2)5-13-7(3)10/h6H,4-5H2,1-3H3,(H,9,11). The highest BCUT2D eigenvalue weighted by molar-refractivity contribution is 5.68. The first-order valence-electron chi connectivity index (χ1n) is 4.13. The molecule has 0 heterocycles. The summed E-state index contributed by atoms with van der Waals surface area (Å²) >= 11 is 0. The lowest BCUT2D eigenvalue weighted by Gasteiger charge is -2.12. The Kier molecular flexibility index (Phi) is 5.67. The number of ether oxygens (including phenoxy) is 2. The Labute approximate surface area is 77.4 Å². The van der Waals surface area contributed by atoms with E-state index in [9.17, 15) is 9.59 Å². The van der Waals surface area contributed by atoms with Crippen LogP contribution < -0.4 is 5.32 Å². The average molecular weight is 189 g/mol. The highest BCUT2D eigenvalue weighted by Crippen LogP contribution is 1.87. The number of hydrogen-bond donors (Lipinski definition) is 1. The lowest BCUT2D eigenvalue weighted by Crippen LogP contribution is -2.36. The first kappa shape index (κ1) is 11.7. The summed E-state index contributed by atoms with van der Waals surface area (Å²) in [5.74, 6) is -0.363. The van der Waals surface area contributed by atoms with Crippen molar-refractivity contribution in [3.8, 4) is 0 Å². The second-order valence-electron chi connectivity index (χ2n) is 2.57. The summed E-state index contributed by atoms with van der Waals surface area (Å²) in [7, 11) is 0. The van der Waals surface area contributed by atoms with E-state index in [2.05, 4.69) is 14.8 Å². The summed E-state index contributed by atoms with van der Waals surface area (Å²) in [6.45, 7) is 5.24. The quantitative estimate of drug-likeness (QED) is 0.660. The highest BCUT2D eigenvalue weighted by Gasteiger charge is 2.08. The van der Waals surface area contributed by atoms with Crippen LogP contribution in [0.3, 0.4) is 0 Å². The summed E-state index contributed by atoms with van der Waals surface area (Å²) < 4.78 is 9.30. The molecule has 0 aromatic heterocycles. The zero-order valence-corrected chi connectivity index (χ0v) is 8.12. The smallest absolute Gasteiger partial charge is 0.407 e. The molecule has 0 radical (unpaired) electrons. The maximum absolute atomic E-state index is 10.8. The fraction of sp³-hybridized carbons (Fsp3) is 0.750. The largest absolute Gasteiger partial charge is 0.464 e. The van der Waals surface area contributed by atoms with E-state index in [0.717, 1.165) is 0 Å². The van der Waals surface area contributed by atoms with E-state index < -0.39 is 6.09 Å². The van der Waals surface area contributed by atoms with Gasteiger partial charge in [0.15, 0.2) is 0 Å². The minimum atomic E-state index is -0.498. The molecule has 0 rings (SSSR count). The zero-order chi connectivity index (χ0) is 10.3. The number of esters is 1. The van der Waals surface area contributed by atoms with Gasteiger partial charge in [0.05, 0.1) is 12.6 Å². The van der Waals surface area contributed by atoms with Crippen LogP contribution in [-0.4, -0.2) is 31.3 Å². The molecule has 0 fully saturated rings. The van der Waals surface area contributed by atoms with Crippen molar-refractivity contribution in [2.75, 3.05) is 13.2 Å². The predicted molar refractivity (Wildman–Crippen MR) is 46.3 cm³/mol. The van der Waals surface area contributed by atoms with E-state index in [0.29, 0.717) is 6.61 Å². The molecule has 0 saturated carbocycles. The molecular weight excluding hydrogens is 174 g/mol. The van der Waals surface area contributed by atoms with Crippen LogP contribution in [0.4, 0.5) is 4.79 Å². The number of amides is 1. The summed E-state index contributed by atoms with van der Waals surface area (Å²) in [5.41, 5.74) is 0. The van der Waals surface area contributed by atoms with Gasteiger partial charge in [-0.25, -0.2) is 4.79 Å². The van der Waals surface area contributed by atoms with E-state index >= 15 is 0 Å². The van der Waals surface area contributed by atoms with Gasteiger partial charge in [-0.15, -0.1) is 0 Å². The van der Waals surface area contributed by atoms with Gasteiger partial charge in [-0.1, -0.05) is 0 Å². The Morgan fingerprint density at radius 3 is 2.46 bits per heavy atom. The Morgan fingerprint density at radius 1 is 1.38 bits per heavy atom. The third-order valence-electron chi connectivity index (χ3n) is 1.18. The Bertz CT molecular complexity index is 181. The minimum Gasteiger partial charge on any atom is -0.464 e. The second kappa shape index (κ2) is 6.28. The normalized spacial score (nSPS) is 11.6. The average Bonchev–Trinajstić information content (AvgIpc) is 2.01. The Balaban J connectivity index is 3.55. The molecule has 1 amide bonds. The number of alkyl carbamates (subject to hydrolysis) is 1. The first-order chi connectivity index (χ1) is 6.06. The maximum atomic E-state index is 10.8. The van der Waals surface area contributed by atoms with E-state index in [1.54, 1.807) is 13.8 Å².